The molecule has 0 aliphatic heterocycles. The van der Waals surface area contributed by atoms with Crippen molar-refractivity contribution in [3.63, 3.8) is 0 Å². The summed E-state index contributed by atoms with van der Waals surface area (Å²) >= 11 is 0. The van der Waals surface area contributed by atoms with Crippen LogP contribution >= 0.6 is 0 Å². The molecule has 0 aromatic heterocycles. The van der Waals surface area contributed by atoms with E-state index in [2.05, 4.69) is 0 Å². The Kier molecular flexibility index (Phi) is 3.41. The normalized spacial score (nSPS) is 12.1. The summed E-state index contributed by atoms with van der Waals surface area (Å²) in [6.07, 6.45) is 0. The van der Waals surface area contributed by atoms with Crippen LogP contribution in [0, 0.1) is 11.6 Å². The quantitative estimate of drug-likeness (QED) is 0.798. The minimum Gasteiger partial charge on any atom is -0.207 e. The number of hydrogen-bond donors (Lipinski definition) is 0. The Morgan fingerprint density at radius 1 is 1.33 bits per heavy atom. The van der Waals surface area contributed by atoms with Gasteiger partial charge in [0.15, 0.2) is 0 Å². The third-order valence-electron chi connectivity index (χ3n) is 2.03. The molecule has 0 aliphatic carbocycles. The molecule has 1 rings (SSSR count). The molecular weight excluding hydrogens is 224 g/mol. The highest BCUT2D eigenvalue weighted by atomic mass is 32.2. The Bertz CT molecular complexity index is 459. The van der Waals surface area contributed by atoms with Crippen LogP contribution in [0.5, 0.6) is 0 Å². The van der Waals surface area contributed by atoms with Crippen molar-refractivity contribution in [3.8, 4) is 0 Å². The van der Waals surface area contributed by atoms with Gasteiger partial charge in [0.1, 0.15) is 16.5 Å². The van der Waals surface area contributed by atoms with Gasteiger partial charge >= 0.3 is 0 Å². The average Bonchev–Trinajstić information content (AvgIpc) is 2.20. The second kappa shape index (κ2) is 4.24. The molecule has 84 valence electrons. The maximum atomic E-state index is 13.2. The molecule has 0 unspecified atom stereocenters. The fraction of sp³-hybridized carbons (Fsp3) is 0.333. The molecule has 0 heterocycles. The van der Waals surface area contributed by atoms with Crippen LogP contribution in [0.2, 0.25) is 0 Å². The van der Waals surface area contributed by atoms with Gasteiger partial charge in [-0.1, -0.05) is 6.92 Å². The maximum absolute atomic E-state index is 13.2. The lowest BCUT2D eigenvalue weighted by atomic mass is 10.3. The van der Waals surface area contributed by atoms with E-state index < -0.39 is 26.6 Å². The lowest BCUT2D eigenvalue weighted by Crippen LogP contribution is -2.27. The average molecular weight is 235 g/mol. The number of rotatable bonds is 3. The Hall–Kier alpha value is -1.01. The highest BCUT2D eigenvalue weighted by Crippen LogP contribution is 2.18. The van der Waals surface area contributed by atoms with Crippen molar-refractivity contribution in [2.75, 3.05) is 13.6 Å². The van der Waals surface area contributed by atoms with Crippen molar-refractivity contribution in [3.05, 3.63) is 29.8 Å². The second-order valence-corrected chi connectivity index (χ2v) is 5.01. The highest BCUT2D eigenvalue weighted by Gasteiger charge is 2.23. The first-order chi connectivity index (χ1) is 6.89. The number of benzene rings is 1. The minimum absolute atomic E-state index is 0.193. The van der Waals surface area contributed by atoms with E-state index in [9.17, 15) is 17.2 Å². The van der Waals surface area contributed by atoms with Crippen LogP contribution in [0.25, 0.3) is 0 Å². The molecule has 0 fully saturated rings. The van der Waals surface area contributed by atoms with Crippen molar-refractivity contribution >= 4 is 10.0 Å². The zero-order valence-electron chi connectivity index (χ0n) is 8.37. The number of nitrogens with zero attached hydrogens (tertiary/aromatic N) is 1. The lowest BCUT2D eigenvalue weighted by Gasteiger charge is -2.15. The van der Waals surface area contributed by atoms with Crippen LogP contribution in [-0.2, 0) is 10.0 Å². The van der Waals surface area contributed by atoms with Crippen molar-refractivity contribution in [1.82, 2.24) is 4.31 Å². The van der Waals surface area contributed by atoms with Gasteiger partial charge in [-0.05, 0) is 18.2 Å². The molecule has 0 bridgehead atoms. The Balaban J connectivity index is 3.33. The summed E-state index contributed by atoms with van der Waals surface area (Å²) in [6.45, 7) is 1.80. The van der Waals surface area contributed by atoms with E-state index in [1.807, 2.05) is 0 Å². The zero-order valence-corrected chi connectivity index (χ0v) is 9.18. The van der Waals surface area contributed by atoms with E-state index in [1.54, 1.807) is 6.92 Å². The Morgan fingerprint density at radius 3 is 2.47 bits per heavy atom. The molecule has 0 atom stereocenters. The SMILES string of the molecule is CCN(C)S(=O)(=O)c1cc(F)ccc1F. The van der Waals surface area contributed by atoms with E-state index >= 15 is 0 Å². The first-order valence-corrected chi connectivity index (χ1v) is 5.75. The number of halogens is 2. The fourth-order valence-corrected chi connectivity index (χ4v) is 2.26. The largest absolute Gasteiger partial charge is 0.245 e. The predicted molar refractivity (Wildman–Crippen MR) is 51.8 cm³/mol. The summed E-state index contributed by atoms with van der Waals surface area (Å²) in [4.78, 5) is -0.633. The van der Waals surface area contributed by atoms with Gasteiger partial charge < -0.3 is 0 Å². The molecule has 6 heteroatoms. The molecule has 15 heavy (non-hydrogen) atoms. The summed E-state index contributed by atoms with van der Waals surface area (Å²) in [5.74, 6) is -1.73. The van der Waals surface area contributed by atoms with Crippen LogP contribution in [0.4, 0.5) is 8.78 Å². The van der Waals surface area contributed by atoms with Gasteiger partial charge in [0, 0.05) is 13.6 Å². The molecule has 0 N–H and O–H groups in total. The molecule has 0 radical (unpaired) electrons. The first kappa shape index (κ1) is 12.1. The van der Waals surface area contributed by atoms with E-state index in [-0.39, 0.29) is 6.54 Å². The summed E-state index contributed by atoms with van der Waals surface area (Å²) < 4.78 is 50.2. The highest BCUT2D eigenvalue weighted by molar-refractivity contribution is 7.89. The summed E-state index contributed by atoms with van der Waals surface area (Å²) in [5, 5.41) is 0. The van der Waals surface area contributed by atoms with Gasteiger partial charge in [0.25, 0.3) is 0 Å². The topological polar surface area (TPSA) is 37.4 Å². The molecule has 0 amide bonds. The fourth-order valence-electron chi connectivity index (χ4n) is 1.01. The molecule has 1 aromatic rings. The molecule has 0 aliphatic rings. The molecule has 0 saturated carbocycles. The van der Waals surface area contributed by atoms with Gasteiger partial charge in [-0.15, -0.1) is 0 Å². The van der Waals surface area contributed by atoms with Gasteiger partial charge in [0.05, 0.1) is 0 Å². The lowest BCUT2D eigenvalue weighted by molar-refractivity contribution is 0.475. The number of hydrogen-bond acceptors (Lipinski definition) is 2. The third-order valence-corrected chi connectivity index (χ3v) is 3.97. The molecule has 0 saturated heterocycles. The van der Waals surface area contributed by atoms with Crippen LogP contribution in [-0.4, -0.2) is 26.3 Å². The molecule has 1 aromatic carbocycles. The molecular formula is C9H11F2NO2S. The maximum Gasteiger partial charge on any atom is 0.245 e. The first-order valence-electron chi connectivity index (χ1n) is 4.31. The van der Waals surface area contributed by atoms with E-state index in [0.29, 0.717) is 6.07 Å². The second-order valence-electron chi connectivity index (χ2n) is 2.99. The van der Waals surface area contributed by atoms with E-state index in [1.165, 1.54) is 7.05 Å². The van der Waals surface area contributed by atoms with E-state index in [4.69, 9.17) is 0 Å². The van der Waals surface area contributed by atoms with Crippen LogP contribution < -0.4 is 0 Å². The van der Waals surface area contributed by atoms with Gasteiger partial charge in [0.2, 0.25) is 10.0 Å². The van der Waals surface area contributed by atoms with Crippen molar-refractivity contribution in [1.29, 1.82) is 0 Å². The predicted octanol–water partition coefficient (Wildman–Crippen LogP) is 1.61. The number of sulfonamides is 1. The monoisotopic (exact) mass is 235 g/mol. The van der Waals surface area contributed by atoms with Gasteiger partial charge in [-0.25, -0.2) is 21.5 Å². The van der Waals surface area contributed by atoms with Crippen LogP contribution in [0.3, 0.4) is 0 Å². The Morgan fingerprint density at radius 2 is 1.93 bits per heavy atom. The zero-order chi connectivity index (χ0) is 11.6. The van der Waals surface area contributed by atoms with Crippen molar-refractivity contribution in [2.24, 2.45) is 0 Å². The van der Waals surface area contributed by atoms with Gasteiger partial charge in [-0.2, -0.15) is 0 Å². The third kappa shape index (κ3) is 2.32. The van der Waals surface area contributed by atoms with Gasteiger partial charge in [-0.3, -0.25) is 0 Å². The van der Waals surface area contributed by atoms with Crippen LogP contribution in [0.1, 0.15) is 6.92 Å². The smallest absolute Gasteiger partial charge is 0.207 e. The standard InChI is InChI=1S/C9H11F2NO2S/c1-3-12(2)15(13,14)9-6-7(10)4-5-8(9)11/h4-6H,3H2,1-2H3. The summed E-state index contributed by atoms with van der Waals surface area (Å²) in [6, 6.07) is 2.35. The van der Waals surface area contributed by atoms with Crippen molar-refractivity contribution < 1.29 is 17.2 Å². The molecule has 0 spiro atoms. The molecule has 3 nitrogen and oxygen atoms in total. The Labute approximate surface area is 87.4 Å². The van der Waals surface area contributed by atoms with Crippen molar-refractivity contribution in [2.45, 2.75) is 11.8 Å². The summed E-state index contributed by atoms with van der Waals surface area (Å²) in [5.41, 5.74) is 0. The van der Waals surface area contributed by atoms with E-state index in [0.717, 1.165) is 16.4 Å². The summed E-state index contributed by atoms with van der Waals surface area (Å²) in [7, 11) is -2.62. The minimum atomic E-state index is -3.92. The van der Waals surface area contributed by atoms with Crippen LogP contribution in [0.15, 0.2) is 23.1 Å².